The smallest absolute Gasteiger partial charge is 0.0943 e. The minimum atomic E-state index is -0.305. The molecule has 0 aromatic carbocycles. The van der Waals surface area contributed by atoms with Crippen molar-refractivity contribution in [2.24, 2.45) is 5.92 Å². The summed E-state index contributed by atoms with van der Waals surface area (Å²) >= 11 is 0. The maximum atomic E-state index is 10.5. The van der Waals surface area contributed by atoms with Gasteiger partial charge in [-0.15, -0.1) is 0 Å². The molecular weight excluding hydrogens is 222 g/mol. The lowest BCUT2D eigenvalue weighted by molar-refractivity contribution is 0.134. The van der Waals surface area contributed by atoms with E-state index in [-0.39, 0.29) is 6.10 Å². The maximum Gasteiger partial charge on any atom is 0.0943 e. The molecule has 2 nitrogen and oxygen atoms in total. The van der Waals surface area contributed by atoms with Gasteiger partial charge < -0.3 is 10.1 Å². The number of H-pyrrole nitrogens is 1. The van der Waals surface area contributed by atoms with E-state index in [0.29, 0.717) is 5.92 Å². The van der Waals surface area contributed by atoms with Gasteiger partial charge in [0.05, 0.1) is 6.10 Å². The van der Waals surface area contributed by atoms with E-state index in [2.05, 4.69) is 25.8 Å². The van der Waals surface area contributed by atoms with Crippen LogP contribution in [0.3, 0.4) is 0 Å². The van der Waals surface area contributed by atoms with Crippen molar-refractivity contribution in [1.82, 2.24) is 4.98 Å². The molecule has 1 aliphatic carbocycles. The molecule has 18 heavy (non-hydrogen) atoms. The summed E-state index contributed by atoms with van der Waals surface area (Å²) < 4.78 is 0. The summed E-state index contributed by atoms with van der Waals surface area (Å²) in [5.74, 6) is 0.714. The van der Waals surface area contributed by atoms with Gasteiger partial charge in [-0.2, -0.15) is 0 Å². The van der Waals surface area contributed by atoms with Crippen LogP contribution in [0.2, 0.25) is 0 Å². The summed E-state index contributed by atoms with van der Waals surface area (Å²) in [5.41, 5.74) is 4.79. The Balaban J connectivity index is 2.02. The number of aromatic amines is 1. The highest BCUT2D eigenvalue weighted by atomic mass is 16.3. The maximum absolute atomic E-state index is 10.5. The number of aliphatic hydroxyl groups excluding tert-OH is 1. The highest BCUT2D eigenvalue weighted by molar-refractivity contribution is 5.35. The van der Waals surface area contributed by atoms with E-state index in [1.807, 2.05) is 0 Å². The zero-order valence-electron chi connectivity index (χ0n) is 12.1. The highest BCUT2D eigenvalue weighted by Crippen LogP contribution is 2.32. The second-order valence-electron chi connectivity index (χ2n) is 6.02. The third-order valence-electron chi connectivity index (χ3n) is 4.72. The number of rotatable bonds is 3. The van der Waals surface area contributed by atoms with E-state index in [4.69, 9.17) is 0 Å². The third-order valence-corrected chi connectivity index (χ3v) is 4.72. The van der Waals surface area contributed by atoms with E-state index in [9.17, 15) is 5.11 Å². The van der Waals surface area contributed by atoms with Gasteiger partial charge in [-0.25, -0.2) is 0 Å². The SMILES string of the molecule is Cc1[nH]c(C(O)CC2CCCCCC2)c(C)c1C. The summed E-state index contributed by atoms with van der Waals surface area (Å²) in [6, 6.07) is 0. The van der Waals surface area contributed by atoms with Crippen molar-refractivity contribution in [2.75, 3.05) is 0 Å². The van der Waals surface area contributed by atoms with Crippen molar-refractivity contribution in [1.29, 1.82) is 0 Å². The molecule has 0 spiro atoms. The van der Waals surface area contributed by atoms with Gasteiger partial charge in [0.15, 0.2) is 0 Å². The summed E-state index contributed by atoms with van der Waals surface area (Å²) in [6.07, 6.45) is 8.68. The Morgan fingerprint density at radius 3 is 2.17 bits per heavy atom. The number of aryl methyl sites for hydroxylation is 1. The molecule has 0 saturated heterocycles. The zero-order chi connectivity index (χ0) is 13.1. The van der Waals surface area contributed by atoms with Crippen LogP contribution in [0, 0.1) is 26.7 Å². The van der Waals surface area contributed by atoms with Crippen LogP contribution in [0.4, 0.5) is 0 Å². The van der Waals surface area contributed by atoms with Gasteiger partial charge in [0.2, 0.25) is 0 Å². The Hall–Kier alpha value is -0.760. The Labute approximate surface area is 111 Å². The van der Waals surface area contributed by atoms with E-state index in [0.717, 1.165) is 12.1 Å². The van der Waals surface area contributed by atoms with Gasteiger partial charge in [0.25, 0.3) is 0 Å². The van der Waals surface area contributed by atoms with Crippen molar-refractivity contribution in [3.63, 3.8) is 0 Å². The van der Waals surface area contributed by atoms with Crippen LogP contribution in [0.15, 0.2) is 0 Å². The van der Waals surface area contributed by atoms with Crippen LogP contribution in [-0.2, 0) is 0 Å². The van der Waals surface area contributed by atoms with E-state index in [1.165, 1.54) is 55.3 Å². The molecule has 1 aromatic rings. The first-order valence-electron chi connectivity index (χ1n) is 7.43. The molecule has 1 unspecified atom stereocenters. The molecule has 0 bridgehead atoms. The fourth-order valence-electron chi connectivity index (χ4n) is 3.24. The Morgan fingerprint density at radius 1 is 1.06 bits per heavy atom. The quantitative estimate of drug-likeness (QED) is 0.768. The first kappa shape index (κ1) is 13.7. The Morgan fingerprint density at radius 2 is 1.67 bits per heavy atom. The van der Waals surface area contributed by atoms with Gasteiger partial charge in [-0.1, -0.05) is 38.5 Å². The second kappa shape index (κ2) is 5.92. The van der Waals surface area contributed by atoms with E-state index >= 15 is 0 Å². The van der Waals surface area contributed by atoms with Crippen molar-refractivity contribution in [3.05, 3.63) is 22.5 Å². The molecule has 0 aliphatic heterocycles. The lowest BCUT2D eigenvalue weighted by atomic mass is 9.92. The Kier molecular flexibility index (Phi) is 4.50. The number of nitrogens with one attached hydrogen (secondary N) is 1. The van der Waals surface area contributed by atoms with Crippen LogP contribution in [-0.4, -0.2) is 10.1 Å². The van der Waals surface area contributed by atoms with Crippen LogP contribution in [0.25, 0.3) is 0 Å². The van der Waals surface area contributed by atoms with E-state index < -0.39 is 0 Å². The molecule has 0 amide bonds. The standard InChI is InChI=1S/C16H27NO/c1-11-12(2)16(17-13(11)3)15(18)10-14-8-6-4-5-7-9-14/h14-15,17-18H,4-10H2,1-3H3. The zero-order valence-corrected chi connectivity index (χ0v) is 12.1. The molecule has 2 rings (SSSR count). The highest BCUT2D eigenvalue weighted by Gasteiger charge is 2.21. The van der Waals surface area contributed by atoms with Crippen molar-refractivity contribution in [2.45, 2.75) is 71.8 Å². The molecular formula is C16H27NO. The van der Waals surface area contributed by atoms with E-state index in [1.54, 1.807) is 0 Å². The lowest BCUT2D eigenvalue weighted by Gasteiger charge is -2.18. The monoisotopic (exact) mass is 249 g/mol. The largest absolute Gasteiger partial charge is 0.387 e. The number of aromatic nitrogens is 1. The van der Waals surface area contributed by atoms with Crippen LogP contribution in [0.5, 0.6) is 0 Å². The van der Waals surface area contributed by atoms with Crippen LogP contribution >= 0.6 is 0 Å². The molecule has 1 heterocycles. The lowest BCUT2D eigenvalue weighted by Crippen LogP contribution is -2.08. The molecule has 102 valence electrons. The molecule has 2 N–H and O–H groups in total. The first-order chi connectivity index (χ1) is 8.59. The number of aliphatic hydroxyl groups is 1. The fraction of sp³-hybridized carbons (Fsp3) is 0.750. The molecule has 2 heteroatoms. The average molecular weight is 249 g/mol. The first-order valence-corrected chi connectivity index (χ1v) is 7.43. The summed E-state index contributed by atoms with van der Waals surface area (Å²) in [4.78, 5) is 3.37. The molecule has 0 radical (unpaired) electrons. The molecule has 1 aliphatic rings. The normalized spacial score (nSPS) is 19.8. The second-order valence-corrected chi connectivity index (χ2v) is 6.02. The minimum absolute atomic E-state index is 0.305. The Bertz CT molecular complexity index is 386. The summed E-state index contributed by atoms with van der Waals surface area (Å²) in [5, 5.41) is 10.5. The van der Waals surface area contributed by atoms with Crippen molar-refractivity contribution < 1.29 is 5.11 Å². The topological polar surface area (TPSA) is 36.0 Å². The van der Waals surface area contributed by atoms with Gasteiger partial charge >= 0.3 is 0 Å². The molecule has 1 saturated carbocycles. The van der Waals surface area contributed by atoms with Crippen molar-refractivity contribution >= 4 is 0 Å². The van der Waals surface area contributed by atoms with Gasteiger partial charge in [-0.3, -0.25) is 0 Å². The van der Waals surface area contributed by atoms with Gasteiger partial charge in [0, 0.05) is 11.4 Å². The minimum Gasteiger partial charge on any atom is -0.387 e. The van der Waals surface area contributed by atoms with Crippen molar-refractivity contribution in [3.8, 4) is 0 Å². The van der Waals surface area contributed by atoms with Gasteiger partial charge in [0.1, 0.15) is 0 Å². The predicted molar refractivity (Wildman–Crippen MR) is 75.8 cm³/mol. The third kappa shape index (κ3) is 2.97. The van der Waals surface area contributed by atoms with Crippen LogP contribution in [0.1, 0.15) is 73.6 Å². The molecule has 1 aromatic heterocycles. The fourth-order valence-corrected chi connectivity index (χ4v) is 3.24. The van der Waals surface area contributed by atoms with Crippen LogP contribution < -0.4 is 0 Å². The summed E-state index contributed by atoms with van der Waals surface area (Å²) in [7, 11) is 0. The van der Waals surface area contributed by atoms with Gasteiger partial charge in [-0.05, 0) is 44.2 Å². The number of hydrogen-bond donors (Lipinski definition) is 2. The molecule has 1 fully saturated rings. The molecule has 1 atom stereocenters. The number of hydrogen-bond acceptors (Lipinski definition) is 1. The average Bonchev–Trinajstić information content (AvgIpc) is 2.57. The summed E-state index contributed by atoms with van der Waals surface area (Å²) in [6.45, 7) is 6.33. The predicted octanol–water partition coefficient (Wildman–Crippen LogP) is 4.33.